The number of rotatable bonds is 4. The maximum atomic E-state index is 11.8. The van der Waals surface area contributed by atoms with Gasteiger partial charge in [-0.1, -0.05) is 6.07 Å². The highest BCUT2D eigenvalue weighted by Crippen LogP contribution is 2.32. The van der Waals surface area contributed by atoms with Crippen molar-refractivity contribution < 1.29 is 19.1 Å². The van der Waals surface area contributed by atoms with Gasteiger partial charge in [-0.15, -0.1) is 0 Å². The predicted molar refractivity (Wildman–Crippen MR) is 84.0 cm³/mol. The molecule has 1 rings (SSSR count). The Hall–Kier alpha value is -2.33. The summed E-state index contributed by atoms with van der Waals surface area (Å²) >= 11 is 0. The molecule has 22 heavy (non-hydrogen) atoms. The third-order valence-corrected chi connectivity index (χ3v) is 2.87. The van der Waals surface area contributed by atoms with Crippen molar-refractivity contribution in [1.82, 2.24) is 0 Å². The molecule has 6 nitrogen and oxygen atoms in total. The van der Waals surface area contributed by atoms with Crippen LogP contribution < -0.4 is 10.1 Å². The lowest BCUT2D eigenvalue weighted by molar-refractivity contribution is 0.0635. The van der Waals surface area contributed by atoms with E-state index in [0.717, 1.165) is 5.56 Å². The normalized spacial score (nSPS) is 11.4. The first kappa shape index (κ1) is 17.7. The summed E-state index contributed by atoms with van der Waals surface area (Å²) in [6.45, 7) is 8.92. The van der Waals surface area contributed by atoms with Crippen LogP contribution in [0.3, 0.4) is 0 Å². The van der Waals surface area contributed by atoms with Gasteiger partial charge < -0.3 is 9.47 Å². The molecule has 1 amide bonds. The fourth-order valence-electron chi connectivity index (χ4n) is 1.77. The van der Waals surface area contributed by atoms with E-state index in [1.54, 1.807) is 58.9 Å². The van der Waals surface area contributed by atoms with Crippen LogP contribution in [0.4, 0.5) is 10.5 Å². The van der Waals surface area contributed by atoms with E-state index >= 15 is 0 Å². The summed E-state index contributed by atoms with van der Waals surface area (Å²) in [6.07, 6.45) is 0.995. The minimum atomic E-state index is -0.723. The number of amides is 1. The van der Waals surface area contributed by atoms with Crippen LogP contribution in [0, 0.1) is 0 Å². The van der Waals surface area contributed by atoms with Gasteiger partial charge in [0.2, 0.25) is 6.08 Å². The van der Waals surface area contributed by atoms with Gasteiger partial charge in [-0.25, -0.2) is 9.59 Å². The Morgan fingerprint density at radius 2 is 1.86 bits per heavy atom. The van der Waals surface area contributed by atoms with E-state index < -0.39 is 17.2 Å². The number of carbonyl (C=O) groups is 1. The average Bonchev–Trinajstić information content (AvgIpc) is 2.36. The maximum absolute atomic E-state index is 11.8. The standard InChI is InChI=1S/C16H22N2O4/c1-15(2,3)22-14(20)18-12-8-7-11(9-13(12)21-6)16(4,5)17-10-19/h7-9H,1-6H3,(H,18,20). The first-order valence-electron chi connectivity index (χ1n) is 6.86. The molecule has 120 valence electrons. The highest BCUT2D eigenvalue weighted by atomic mass is 16.6. The van der Waals surface area contributed by atoms with Crippen molar-refractivity contribution >= 4 is 17.9 Å². The summed E-state index contributed by atoms with van der Waals surface area (Å²) in [7, 11) is 1.50. The van der Waals surface area contributed by atoms with Crippen LogP contribution in [0.15, 0.2) is 23.2 Å². The topological polar surface area (TPSA) is 77.0 Å². The van der Waals surface area contributed by atoms with Crippen LogP contribution in [-0.4, -0.2) is 24.9 Å². The molecule has 0 fully saturated rings. The molecule has 0 aliphatic heterocycles. The van der Waals surface area contributed by atoms with Gasteiger partial charge >= 0.3 is 6.09 Å². The van der Waals surface area contributed by atoms with Crippen LogP contribution in [0.5, 0.6) is 5.75 Å². The molecule has 0 saturated carbocycles. The Labute approximate surface area is 130 Å². The van der Waals surface area contributed by atoms with Gasteiger partial charge in [-0.05, 0) is 52.3 Å². The summed E-state index contributed by atoms with van der Waals surface area (Å²) in [5.41, 5.74) is -0.0639. The van der Waals surface area contributed by atoms with E-state index in [9.17, 15) is 9.59 Å². The number of hydrogen-bond donors (Lipinski definition) is 1. The molecule has 0 bridgehead atoms. The second-order valence-electron chi connectivity index (χ2n) is 6.30. The zero-order chi connectivity index (χ0) is 17.0. The molecular formula is C16H22N2O4. The molecular weight excluding hydrogens is 284 g/mol. The summed E-state index contributed by atoms with van der Waals surface area (Å²) in [5, 5.41) is 2.63. The number of isocyanates is 1. The number of nitrogens with zero attached hydrogens (tertiary/aromatic N) is 1. The molecule has 1 N–H and O–H groups in total. The lowest BCUT2D eigenvalue weighted by Crippen LogP contribution is -2.27. The highest BCUT2D eigenvalue weighted by Gasteiger charge is 2.22. The Balaban J connectivity index is 3.04. The molecule has 0 saturated heterocycles. The third-order valence-electron chi connectivity index (χ3n) is 2.87. The predicted octanol–water partition coefficient (Wildman–Crippen LogP) is 3.61. The molecule has 0 aliphatic rings. The molecule has 0 heterocycles. The van der Waals surface area contributed by atoms with Crippen molar-refractivity contribution in [2.45, 2.75) is 45.8 Å². The van der Waals surface area contributed by atoms with Gasteiger partial charge in [0, 0.05) is 0 Å². The van der Waals surface area contributed by atoms with Gasteiger partial charge in [0.1, 0.15) is 11.4 Å². The zero-order valence-electron chi connectivity index (χ0n) is 13.8. The lowest BCUT2D eigenvalue weighted by atomic mass is 9.94. The lowest BCUT2D eigenvalue weighted by Gasteiger charge is -2.22. The van der Waals surface area contributed by atoms with Crippen molar-refractivity contribution in [1.29, 1.82) is 0 Å². The second kappa shape index (κ2) is 6.62. The smallest absolute Gasteiger partial charge is 0.412 e. The third kappa shape index (κ3) is 4.90. The number of methoxy groups -OCH3 is 1. The first-order valence-corrected chi connectivity index (χ1v) is 6.86. The van der Waals surface area contributed by atoms with Gasteiger partial charge in [-0.2, -0.15) is 4.99 Å². The van der Waals surface area contributed by atoms with Gasteiger partial charge in [0.25, 0.3) is 0 Å². The van der Waals surface area contributed by atoms with E-state index in [0.29, 0.717) is 11.4 Å². The van der Waals surface area contributed by atoms with Crippen LogP contribution in [0.25, 0.3) is 0 Å². The summed E-state index contributed by atoms with van der Waals surface area (Å²) in [6, 6.07) is 5.16. The number of hydrogen-bond acceptors (Lipinski definition) is 5. The zero-order valence-corrected chi connectivity index (χ0v) is 13.8. The maximum Gasteiger partial charge on any atom is 0.412 e. The Morgan fingerprint density at radius 3 is 2.36 bits per heavy atom. The van der Waals surface area contributed by atoms with E-state index in [-0.39, 0.29) is 0 Å². The fraction of sp³-hybridized carbons (Fsp3) is 0.500. The molecule has 0 atom stereocenters. The van der Waals surface area contributed by atoms with Crippen LogP contribution >= 0.6 is 0 Å². The highest BCUT2D eigenvalue weighted by molar-refractivity contribution is 5.87. The van der Waals surface area contributed by atoms with Crippen LogP contribution in [-0.2, 0) is 15.1 Å². The molecule has 1 aromatic carbocycles. The van der Waals surface area contributed by atoms with Crippen LogP contribution in [0.2, 0.25) is 0 Å². The molecule has 0 unspecified atom stereocenters. The Bertz CT molecular complexity index is 597. The summed E-state index contributed by atoms with van der Waals surface area (Å²) in [5.74, 6) is 0.456. The van der Waals surface area contributed by atoms with E-state index in [4.69, 9.17) is 9.47 Å². The number of aliphatic imine (C=N–C) groups is 1. The van der Waals surface area contributed by atoms with E-state index in [1.165, 1.54) is 7.11 Å². The minimum absolute atomic E-state index is 0.456. The Morgan fingerprint density at radius 1 is 1.23 bits per heavy atom. The monoisotopic (exact) mass is 306 g/mol. The summed E-state index contributed by atoms with van der Waals surface area (Å²) < 4.78 is 10.5. The number of ether oxygens (including phenoxy) is 2. The number of benzene rings is 1. The van der Waals surface area contributed by atoms with Crippen molar-refractivity contribution in [3.8, 4) is 5.75 Å². The number of nitrogens with one attached hydrogen (secondary N) is 1. The van der Waals surface area contributed by atoms with Crippen molar-refractivity contribution in [2.24, 2.45) is 4.99 Å². The second-order valence-corrected chi connectivity index (χ2v) is 6.30. The van der Waals surface area contributed by atoms with Gasteiger partial charge in [0.15, 0.2) is 0 Å². The largest absolute Gasteiger partial charge is 0.495 e. The number of carbonyl (C=O) groups excluding carboxylic acids is 2. The summed E-state index contributed by atoms with van der Waals surface area (Å²) in [4.78, 5) is 26.1. The molecule has 0 aromatic heterocycles. The van der Waals surface area contributed by atoms with Crippen molar-refractivity contribution in [3.63, 3.8) is 0 Å². The van der Waals surface area contributed by atoms with Gasteiger partial charge in [0.05, 0.1) is 18.3 Å². The van der Waals surface area contributed by atoms with Gasteiger partial charge in [-0.3, -0.25) is 5.32 Å². The van der Waals surface area contributed by atoms with Crippen LogP contribution in [0.1, 0.15) is 40.2 Å². The van der Waals surface area contributed by atoms with E-state index in [1.807, 2.05) is 0 Å². The van der Waals surface area contributed by atoms with Crippen molar-refractivity contribution in [2.75, 3.05) is 12.4 Å². The van der Waals surface area contributed by atoms with E-state index in [2.05, 4.69) is 10.3 Å². The average molecular weight is 306 g/mol. The molecule has 0 aliphatic carbocycles. The molecule has 0 spiro atoms. The quantitative estimate of drug-likeness (QED) is 0.681. The SMILES string of the molecule is COc1cc(C(C)(C)N=C=O)ccc1NC(=O)OC(C)(C)C. The minimum Gasteiger partial charge on any atom is -0.495 e. The number of anilines is 1. The van der Waals surface area contributed by atoms with Crippen molar-refractivity contribution in [3.05, 3.63) is 23.8 Å². The Kier molecular flexibility index (Phi) is 5.33. The first-order chi connectivity index (χ1) is 10.1. The fourth-order valence-corrected chi connectivity index (χ4v) is 1.77. The molecule has 0 radical (unpaired) electrons. The molecule has 6 heteroatoms. The molecule has 1 aromatic rings.